The molecule has 1 aliphatic heterocycles. The molecule has 7 nitrogen and oxygen atoms in total. The maximum absolute atomic E-state index is 12.7. The zero-order valence-corrected chi connectivity index (χ0v) is 11.9. The standard InChI is InChI=1S/C16H11N3O4/c20-14-4-2-10-18(13-3-1-9-17-15(13)14)16(21)11-5-7-12(8-6-11)19(22)23/h1-9H,10H2. The predicted octanol–water partition coefficient (Wildman–Crippen LogP) is 2.39. The number of nitro benzene ring substituents is 1. The third-order valence-electron chi connectivity index (χ3n) is 3.44. The largest absolute Gasteiger partial charge is 0.302 e. The van der Waals surface area contributed by atoms with Crippen LogP contribution in [0.4, 0.5) is 11.4 Å². The number of allylic oxidation sites excluding steroid dienone is 1. The van der Waals surface area contributed by atoms with Crippen LogP contribution in [0.1, 0.15) is 20.8 Å². The van der Waals surface area contributed by atoms with Crippen LogP contribution in [0.25, 0.3) is 0 Å². The van der Waals surface area contributed by atoms with Crippen LogP contribution >= 0.6 is 0 Å². The van der Waals surface area contributed by atoms with Crippen LogP contribution in [-0.2, 0) is 0 Å². The van der Waals surface area contributed by atoms with Crippen LogP contribution in [0.5, 0.6) is 0 Å². The minimum absolute atomic E-state index is 0.0884. The number of carbonyl (C=O) groups is 2. The Balaban J connectivity index is 1.99. The number of anilines is 1. The quantitative estimate of drug-likeness (QED) is 0.627. The van der Waals surface area contributed by atoms with Crippen molar-refractivity contribution in [3.63, 3.8) is 0 Å². The molecule has 0 saturated heterocycles. The van der Waals surface area contributed by atoms with Gasteiger partial charge in [-0.25, -0.2) is 0 Å². The molecule has 1 aliphatic rings. The maximum atomic E-state index is 12.7. The number of pyridine rings is 1. The first-order valence-corrected chi connectivity index (χ1v) is 6.80. The number of non-ortho nitro benzene ring substituents is 1. The summed E-state index contributed by atoms with van der Waals surface area (Å²) in [6.07, 6.45) is 4.46. The second-order valence-electron chi connectivity index (χ2n) is 4.86. The molecule has 23 heavy (non-hydrogen) atoms. The highest BCUT2D eigenvalue weighted by Crippen LogP contribution is 2.24. The van der Waals surface area contributed by atoms with E-state index in [-0.39, 0.29) is 29.6 Å². The fourth-order valence-corrected chi connectivity index (χ4v) is 2.32. The molecule has 0 N–H and O–H groups in total. The molecule has 0 spiro atoms. The number of hydrogen-bond acceptors (Lipinski definition) is 5. The van der Waals surface area contributed by atoms with Gasteiger partial charge in [0.2, 0.25) is 5.78 Å². The molecule has 0 radical (unpaired) electrons. The Kier molecular flexibility index (Phi) is 3.68. The number of nitrogens with zero attached hydrogens (tertiary/aromatic N) is 3. The monoisotopic (exact) mass is 309 g/mol. The molecular formula is C16H11N3O4. The van der Waals surface area contributed by atoms with E-state index in [1.54, 1.807) is 18.2 Å². The lowest BCUT2D eigenvalue weighted by Gasteiger charge is -2.21. The van der Waals surface area contributed by atoms with Crippen molar-refractivity contribution in [1.82, 2.24) is 4.98 Å². The second kappa shape index (κ2) is 5.80. The van der Waals surface area contributed by atoms with Crippen molar-refractivity contribution in [2.75, 3.05) is 11.4 Å². The van der Waals surface area contributed by atoms with Gasteiger partial charge in [0.1, 0.15) is 5.69 Å². The smallest absolute Gasteiger partial charge is 0.269 e. The summed E-state index contributed by atoms with van der Waals surface area (Å²) in [4.78, 5) is 40.3. The van der Waals surface area contributed by atoms with Crippen LogP contribution in [0.3, 0.4) is 0 Å². The van der Waals surface area contributed by atoms with Gasteiger partial charge in [0.25, 0.3) is 11.6 Å². The van der Waals surface area contributed by atoms with Crippen LogP contribution in [0.15, 0.2) is 54.7 Å². The summed E-state index contributed by atoms with van der Waals surface area (Å²) in [6, 6.07) is 8.64. The summed E-state index contributed by atoms with van der Waals surface area (Å²) >= 11 is 0. The Labute approximate surface area is 131 Å². The second-order valence-corrected chi connectivity index (χ2v) is 4.86. The number of fused-ring (bicyclic) bond motifs is 1. The molecule has 0 saturated carbocycles. The van der Waals surface area contributed by atoms with E-state index in [4.69, 9.17) is 0 Å². The molecule has 0 unspecified atom stereocenters. The number of rotatable bonds is 2. The van der Waals surface area contributed by atoms with E-state index in [1.165, 1.54) is 41.4 Å². The summed E-state index contributed by atoms with van der Waals surface area (Å²) in [6.45, 7) is 0.222. The van der Waals surface area contributed by atoms with Gasteiger partial charge in [-0.1, -0.05) is 6.08 Å². The zero-order chi connectivity index (χ0) is 16.4. The lowest BCUT2D eigenvalue weighted by Crippen LogP contribution is -2.31. The van der Waals surface area contributed by atoms with Gasteiger partial charge in [-0.3, -0.25) is 24.7 Å². The molecule has 0 bridgehead atoms. The van der Waals surface area contributed by atoms with Gasteiger partial charge in [-0.15, -0.1) is 0 Å². The maximum Gasteiger partial charge on any atom is 0.269 e. The van der Waals surface area contributed by atoms with E-state index in [2.05, 4.69) is 4.98 Å². The van der Waals surface area contributed by atoms with Crippen molar-refractivity contribution in [3.05, 3.63) is 76.1 Å². The van der Waals surface area contributed by atoms with Crippen molar-refractivity contribution in [2.24, 2.45) is 0 Å². The van der Waals surface area contributed by atoms with E-state index in [1.807, 2.05) is 0 Å². The zero-order valence-electron chi connectivity index (χ0n) is 11.9. The van der Waals surface area contributed by atoms with E-state index >= 15 is 0 Å². The highest BCUT2D eigenvalue weighted by atomic mass is 16.6. The lowest BCUT2D eigenvalue weighted by molar-refractivity contribution is -0.384. The molecule has 2 heterocycles. The fourth-order valence-electron chi connectivity index (χ4n) is 2.32. The van der Waals surface area contributed by atoms with Gasteiger partial charge in [-0.05, 0) is 30.3 Å². The molecule has 7 heteroatoms. The summed E-state index contributed by atoms with van der Waals surface area (Å²) in [5.74, 6) is -0.618. The van der Waals surface area contributed by atoms with E-state index in [0.717, 1.165) is 0 Å². The predicted molar refractivity (Wildman–Crippen MR) is 82.5 cm³/mol. The number of carbonyl (C=O) groups excluding carboxylic acids is 2. The van der Waals surface area contributed by atoms with E-state index < -0.39 is 4.92 Å². The van der Waals surface area contributed by atoms with Crippen molar-refractivity contribution < 1.29 is 14.5 Å². The topological polar surface area (TPSA) is 93.4 Å². The summed E-state index contributed by atoms with van der Waals surface area (Å²) in [7, 11) is 0. The van der Waals surface area contributed by atoms with Gasteiger partial charge < -0.3 is 4.90 Å². The third-order valence-corrected chi connectivity index (χ3v) is 3.44. The lowest BCUT2D eigenvalue weighted by atomic mass is 10.1. The van der Waals surface area contributed by atoms with Gasteiger partial charge >= 0.3 is 0 Å². The summed E-state index contributed by atoms with van der Waals surface area (Å²) in [5, 5.41) is 10.7. The molecule has 1 amide bonds. The summed E-state index contributed by atoms with van der Waals surface area (Å²) in [5.41, 5.74) is 0.838. The molecule has 114 valence electrons. The first-order valence-electron chi connectivity index (χ1n) is 6.80. The fraction of sp³-hybridized carbons (Fsp3) is 0.0625. The van der Waals surface area contributed by atoms with Gasteiger partial charge in [0.05, 0.1) is 10.6 Å². The minimum atomic E-state index is -0.527. The average molecular weight is 309 g/mol. The number of hydrogen-bond donors (Lipinski definition) is 0. The SMILES string of the molecule is O=C1C=CCN(C(=O)c2ccc([N+](=O)[O-])cc2)c2cccnc21. The number of benzene rings is 1. The number of aromatic nitrogens is 1. The van der Waals surface area contributed by atoms with Crippen molar-refractivity contribution in [3.8, 4) is 0 Å². The molecule has 3 rings (SSSR count). The van der Waals surface area contributed by atoms with Crippen LogP contribution in [0.2, 0.25) is 0 Å². The normalized spacial score (nSPS) is 13.4. The van der Waals surface area contributed by atoms with Crippen molar-refractivity contribution in [2.45, 2.75) is 0 Å². The highest BCUT2D eigenvalue weighted by Gasteiger charge is 2.24. The molecule has 0 aliphatic carbocycles. The number of amides is 1. The molecule has 1 aromatic carbocycles. The number of nitro groups is 1. The van der Waals surface area contributed by atoms with Crippen LogP contribution < -0.4 is 4.90 Å². The first kappa shape index (κ1) is 14.6. The Morgan fingerprint density at radius 1 is 1.22 bits per heavy atom. The van der Waals surface area contributed by atoms with Crippen LogP contribution in [-0.4, -0.2) is 28.1 Å². The summed E-state index contributed by atoms with van der Waals surface area (Å²) < 4.78 is 0. The molecule has 0 atom stereocenters. The molecule has 0 fully saturated rings. The Bertz CT molecular complexity index is 827. The van der Waals surface area contributed by atoms with Gasteiger partial charge in [0, 0.05) is 30.4 Å². The van der Waals surface area contributed by atoms with Crippen molar-refractivity contribution in [1.29, 1.82) is 0 Å². The van der Waals surface area contributed by atoms with Gasteiger partial charge in [-0.2, -0.15) is 0 Å². The Morgan fingerprint density at radius 2 is 1.96 bits per heavy atom. The number of ketones is 1. The third kappa shape index (κ3) is 2.71. The Morgan fingerprint density at radius 3 is 2.65 bits per heavy atom. The first-order chi connectivity index (χ1) is 11.1. The minimum Gasteiger partial charge on any atom is -0.302 e. The van der Waals surface area contributed by atoms with E-state index in [9.17, 15) is 19.7 Å². The average Bonchev–Trinajstić information content (AvgIpc) is 2.74. The van der Waals surface area contributed by atoms with E-state index in [0.29, 0.717) is 11.3 Å². The van der Waals surface area contributed by atoms with Gasteiger partial charge in [0.15, 0.2) is 0 Å². The molecule has 1 aromatic heterocycles. The molecular weight excluding hydrogens is 298 g/mol. The Hall–Kier alpha value is -3.35. The molecule has 2 aromatic rings. The van der Waals surface area contributed by atoms with Crippen LogP contribution in [0, 0.1) is 10.1 Å². The van der Waals surface area contributed by atoms with Crippen molar-refractivity contribution >= 4 is 23.1 Å². The highest BCUT2D eigenvalue weighted by molar-refractivity contribution is 6.14.